The monoisotopic (exact) mass is 160 g/mol. The molecule has 0 radical (unpaired) electrons. The van der Waals surface area contributed by atoms with Gasteiger partial charge in [0.2, 0.25) is 0 Å². The van der Waals surface area contributed by atoms with Crippen LogP contribution in [0.15, 0.2) is 12.2 Å². The van der Waals surface area contributed by atoms with Crippen LogP contribution in [0.25, 0.3) is 0 Å². The minimum Gasteiger partial charge on any atom is -0.393 e. The lowest BCUT2D eigenvalue weighted by atomic mass is 10.2. The highest BCUT2D eigenvalue weighted by Gasteiger charge is 1.98. The molecule has 1 atom stereocenters. The lowest BCUT2D eigenvalue weighted by Crippen LogP contribution is -2.05. The van der Waals surface area contributed by atoms with Crippen molar-refractivity contribution in [3.63, 3.8) is 0 Å². The normalized spacial score (nSPS) is 14.3. The van der Waals surface area contributed by atoms with Crippen LogP contribution in [0.5, 0.6) is 0 Å². The van der Waals surface area contributed by atoms with Gasteiger partial charge < -0.3 is 5.11 Å². The highest BCUT2D eigenvalue weighted by Crippen LogP contribution is 2.03. The molecule has 0 aromatic heterocycles. The van der Waals surface area contributed by atoms with E-state index in [9.17, 15) is 5.11 Å². The minimum atomic E-state index is -0.136. The number of aliphatic hydroxyl groups is 1. The summed E-state index contributed by atoms with van der Waals surface area (Å²) in [4.78, 5) is 0. The second-order valence-corrected chi connectivity index (χ2v) is 3.23. The average Bonchev–Trinajstić information content (AvgIpc) is 1.97. The molecule has 60 valence electrons. The van der Waals surface area contributed by atoms with E-state index in [0.717, 1.165) is 18.6 Å². The van der Waals surface area contributed by atoms with E-state index < -0.39 is 0 Å². The maximum Gasteiger partial charge on any atom is 0.0582 e. The lowest BCUT2D eigenvalue weighted by Gasteiger charge is -2.04. The highest BCUT2D eigenvalue weighted by atomic mass is 32.2. The highest BCUT2D eigenvalue weighted by molar-refractivity contribution is 7.98. The maximum atomic E-state index is 9.25. The Kier molecular flexibility index (Phi) is 7.20. The third-order valence-electron chi connectivity index (χ3n) is 1.30. The molecule has 2 heteroatoms. The molecular formula is C8H16OS. The summed E-state index contributed by atoms with van der Waals surface area (Å²) in [5.74, 6) is 1.05. The maximum absolute atomic E-state index is 9.25. The van der Waals surface area contributed by atoms with Gasteiger partial charge in [-0.1, -0.05) is 12.2 Å². The summed E-state index contributed by atoms with van der Waals surface area (Å²) in [6.07, 6.45) is 7.61. The summed E-state index contributed by atoms with van der Waals surface area (Å²) in [6.45, 7) is 1.97. The molecule has 0 amide bonds. The van der Waals surface area contributed by atoms with Gasteiger partial charge in [0, 0.05) is 0 Å². The molecule has 0 aromatic rings. The molecule has 0 aliphatic carbocycles. The van der Waals surface area contributed by atoms with Gasteiger partial charge in [0.15, 0.2) is 0 Å². The number of aliphatic hydroxyl groups excluding tert-OH is 1. The molecule has 1 N–H and O–H groups in total. The zero-order valence-electron chi connectivity index (χ0n) is 6.71. The van der Waals surface area contributed by atoms with Crippen LogP contribution in [-0.4, -0.2) is 23.2 Å². The van der Waals surface area contributed by atoms with Crippen LogP contribution in [0.3, 0.4) is 0 Å². The van der Waals surface area contributed by atoms with Crippen molar-refractivity contribution in [2.24, 2.45) is 0 Å². The number of hydrogen-bond acceptors (Lipinski definition) is 2. The molecule has 0 heterocycles. The second kappa shape index (κ2) is 7.16. The Morgan fingerprint density at radius 2 is 2.30 bits per heavy atom. The first-order valence-corrected chi connectivity index (χ1v) is 4.98. The zero-order valence-corrected chi connectivity index (χ0v) is 7.53. The van der Waals surface area contributed by atoms with E-state index in [1.165, 1.54) is 0 Å². The molecule has 0 aliphatic rings. The summed E-state index contributed by atoms with van der Waals surface area (Å²) in [7, 11) is 0. The molecular weight excluding hydrogens is 144 g/mol. The second-order valence-electron chi connectivity index (χ2n) is 2.24. The molecule has 0 rings (SSSR count). The van der Waals surface area contributed by atoms with Crippen LogP contribution in [0, 0.1) is 0 Å². The Morgan fingerprint density at radius 1 is 1.60 bits per heavy atom. The van der Waals surface area contributed by atoms with Gasteiger partial charge in [0.1, 0.15) is 0 Å². The van der Waals surface area contributed by atoms with Crippen LogP contribution in [0.2, 0.25) is 0 Å². The first kappa shape index (κ1) is 10.0. The van der Waals surface area contributed by atoms with Crippen molar-refractivity contribution >= 4 is 11.8 Å². The topological polar surface area (TPSA) is 20.2 Å². The van der Waals surface area contributed by atoms with Crippen molar-refractivity contribution < 1.29 is 5.11 Å². The quantitative estimate of drug-likeness (QED) is 0.621. The van der Waals surface area contributed by atoms with E-state index in [-0.39, 0.29) is 6.10 Å². The summed E-state index contributed by atoms with van der Waals surface area (Å²) >= 11 is 1.78. The van der Waals surface area contributed by atoms with E-state index >= 15 is 0 Å². The van der Waals surface area contributed by atoms with Gasteiger partial charge in [-0.2, -0.15) is 11.8 Å². The number of thioether (sulfide) groups is 1. The average molecular weight is 160 g/mol. The molecule has 0 fully saturated rings. The molecule has 1 nitrogen and oxygen atoms in total. The predicted octanol–water partition coefficient (Wildman–Crippen LogP) is 2.07. The molecule has 0 unspecified atom stereocenters. The third kappa shape index (κ3) is 6.17. The predicted molar refractivity (Wildman–Crippen MR) is 48.4 cm³/mol. The standard InChI is InChI=1S/C8H16OS/c1-3-4-5-8(9)6-7-10-2/h3-4,8-9H,5-7H2,1-2H3/b4-3+/t8-/m1/s1. The number of hydrogen-bond donors (Lipinski definition) is 1. The largest absolute Gasteiger partial charge is 0.393 e. The smallest absolute Gasteiger partial charge is 0.0582 e. The Balaban J connectivity index is 3.16. The molecule has 10 heavy (non-hydrogen) atoms. The van der Waals surface area contributed by atoms with Gasteiger partial charge in [0.25, 0.3) is 0 Å². The zero-order chi connectivity index (χ0) is 7.82. The van der Waals surface area contributed by atoms with Crippen molar-refractivity contribution in [3.8, 4) is 0 Å². The van der Waals surface area contributed by atoms with Gasteiger partial charge in [-0.25, -0.2) is 0 Å². The first-order chi connectivity index (χ1) is 4.81. The van der Waals surface area contributed by atoms with Gasteiger partial charge in [-0.3, -0.25) is 0 Å². The molecule has 0 bridgehead atoms. The van der Waals surface area contributed by atoms with E-state index in [1.807, 2.05) is 19.1 Å². The van der Waals surface area contributed by atoms with Crippen molar-refractivity contribution in [1.29, 1.82) is 0 Å². The van der Waals surface area contributed by atoms with Gasteiger partial charge >= 0.3 is 0 Å². The van der Waals surface area contributed by atoms with Crippen molar-refractivity contribution in [2.45, 2.75) is 25.9 Å². The molecule has 0 saturated carbocycles. The summed E-state index contributed by atoms with van der Waals surface area (Å²) in [6, 6.07) is 0. The number of rotatable bonds is 5. The molecule has 0 saturated heterocycles. The van der Waals surface area contributed by atoms with Gasteiger partial charge in [-0.05, 0) is 31.8 Å². The fourth-order valence-corrected chi connectivity index (χ4v) is 1.17. The van der Waals surface area contributed by atoms with Crippen molar-refractivity contribution in [3.05, 3.63) is 12.2 Å². The van der Waals surface area contributed by atoms with Crippen LogP contribution >= 0.6 is 11.8 Å². The summed E-state index contributed by atoms with van der Waals surface area (Å²) < 4.78 is 0. The Labute approximate surface area is 67.5 Å². The van der Waals surface area contributed by atoms with Gasteiger partial charge in [-0.15, -0.1) is 0 Å². The SMILES string of the molecule is C/C=C/C[C@@H](O)CCSC. The fraction of sp³-hybridized carbons (Fsp3) is 0.750. The Bertz CT molecular complexity index is 91.3. The first-order valence-electron chi connectivity index (χ1n) is 3.59. The van der Waals surface area contributed by atoms with Crippen LogP contribution in [0.1, 0.15) is 19.8 Å². The summed E-state index contributed by atoms with van der Waals surface area (Å²) in [5.41, 5.74) is 0. The minimum absolute atomic E-state index is 0.136. The van der Waals surface area contributed by atoms with Crippen LogP contribution < -0.4 is 0 Å². The van der Waals surface area contributed by atoms with Crippen LogP contribution in [-0.2, 0) is 0 Å². The molecule has 0 spiro atoms. The van der Waals surface area contributed by atoms with E-state index in [1.54, 1.807) is 11.8 Å². The lowest BCUT2D eigenvalue weighted by molar-refractivity contribution is 0.175. The number of allylic oxidation sites excluding steroid dienone is 1. The molecule has 0 aromatic carbocycles. The van der Waals surface area contributed by atoms with Crippen LogP contribution in [0.4, 0.5) is 0 Å². The van der Waals surface area contributed by atoms with E-state index in [2.05, 4.69) is 6.26 Å². The Hall–Kier alpha value is 0.0500. The van der Waals surface area contributed by atoms with Crippen molar-refractivity contribution in [1.82, 2.24) is 0 Å². The third-order valence-corrected chi connectivity index (χ3v) is 1.94. The molecule has 0 aliphatic heterocycles. The van der Waals surface area contributed by atoms with E-state index in [0.29, 0.717) is 0 Å². The van der Waals surface area contributed by atoms with Crippen molar-refractivity contribution in [2.75, 3.05) is 12.0 Å². The van der Waals surface area contributed by atoms with E-state index in [4.69, 9.17) is 0 Å². The fourth-order valence-electron chi connectivity index (χ4n) is 0.665. The Morgan fingerprint density at radius 3 is 2.80 bits per heavy atom. The van der Waals surface area contributed by atoms with Gasteiger partial charge in [0.05, 0.1) is 6.10 Å². The summed E-state index contributed by atoms with van der Waals surface area (Å²) in [5, 5.41) is 9.25.